The lowest BCUT2D eigenvalue weighted by molar-refractivity contribution is -0.145. The van der Waals surface area contributed by atoms with Crippen LogP contribution in [0.15, 0.2) is 4.52 Å². The summed E-state index contributed by atoms with van der Waals surface area (Å²) in [5.41, 5.74) is 0.409. The lowest BCUT2D eigenvalue weighted by atomic mass is 9.90. The van der Waals surface area contributed by atoms with E-state index in [-0.39, 0.29) is 18.9 Å². The van der Waals surface area contributed by atoms with Crippen LogP contribution in [-0.2, 0) is 11.2 Å². The molecule has 1 aliphatic rings. The highest BCUT2D eigenvalue weighted by atomic mass is 16.5. The van der Waals surface area contributed by atoms with Crippen LogP contribution >= 0.6 is 0 Å². The number of nitrogens with zero attached hydrogens (tertiary/aromatic N) is 2. The van der Waals surface area contributed by atoms with Gasteiger partial charge in [-0.2, -0.15) is 0 Å². The Morgan fingerprint density at radius 3 is 2.79 bits per heavy atom. The first kappa shape index (κ1) is 14.0. The molecule has 6 nitrogen and oxygen atoms in total. The minimum absolute atomic E-state index is 0.0797. The van der Waals surface area contributed by atoms with Gasteiger partial charge in [-0.3, -0.25) is 4.79 Å². The molecule has 0 unspecified atom stereocenters. The molecule has 2 N–H and O–H groups in total. The summed E-state index contributed by atoms with van der Waals surface area (Å²) in [4.78, 5) is 13.8. The van der Waals surface area contributed by atoms with Crippen LogP contribution in [0.25, 0.3) is 0 Å². The quantitative estimate of drug-likeness (QED) is 0.799. The van der Waals surface area contributed by atoms with Crippen molar-refractivity contribution in [1.29, 1.82) is 0 Å². The van der Waals surface area contributed by atoms with Gasteiger partial charge in [-0.15, -0.1) is 0 Å². The van der Waals surface area contributed by atoms with Gasteiger partial charge >= 0.3 is 0 Å². The maximum absolute atomic E-state index is 12.2. The topological polar surface area (TPSA) is 86.8 Å². The molecule has 0 bridgehead atoms. The zero-order chi connectivity index (χ0) is 14.2. The molecule has 1 amide bonds. The molecule has 1 aromatic heterocycles. The number of β-amino-alcohol motifs (C(OH)–C–C–N with tert-alkyl or cyclic N) is 1. The standard InChI is InChI=1S/C13H20N2O4/c1-8-10(9(2)19-14-8)6-12(17)15-5-4-13(3,18)11(16)7-15/h11,16,18H,4-7H2,1-3H3/t11-,13-/m1/s1. The van der Waals surface area contributed by atoms with E-state index in [4.69, 9.17) is 4.52 Å². The molecular formula is C13H20N2O4. The van der Waals surface area contributed by atoms with Crippen molar-refractivity contribution in [3.8, 4) is 0 Å². The molecule has 19 heavy (non-hydrogen) atoms. The number of aryl methyl sites for hydroxylation is 2. The minimum atomic E-state index is -1.11. The molecule has 1 aromatic rings. The van der Waals surface area contributed by atoms with Gasteiger partial charge in [0.15, 0.2) is 0 Å². The molecule has 0 radical (unpaired) electrons. The van der Waals surface area contributed by atoms with Crippen LogP contribution < -0.4 is 0 Å². The van der Waals surface area contributed by atoms with Gasteiger partial charge in [0, 0.05) is 18.7 Å². The maximum atomic E-state index is 12.2. The van der Waals surface area contributed by atoms with E-state index in [9.17, 15) is 15.0 Å². The Kier molecular flexibility index (Phi) is 3.64. The van der Waals surface area contributed by atoms with Crippen molar-refractivity contribution in [3.63, 3.8) is 0 Å². The molecular weight excluding hydrogens is 248 g/mol. The van der Waals surface area contributed by atoms with Crippen molar-refractivity contribution in [2.75, 3.05) is 13.1 Å². The number of carbonyl (C=O) groups excluding carboxylic acids is 1. The normalized spacial score (nSPS) is 27.6. The third-order valence-corrected chi connectivity index (χ3v) is 3.86. The van der Waals surface area contributed by atoms with Crippen LogP contribution in [0, 0.1) is 13.8 Å². The van der Waals surface area contributed by atoms with Gasteiger partial charge in [0.05, 0.1) is 23.8 Å². The van der Waals surface area contributed by atoms with Gasteiger partial charge in [-0.1, -0.05) is 5.16 Å². The van der Waals surface area contributed by atoms with Crippen LogP contribution in [-0.4, -0.2) is 51.0 Å². The van der Waals surface area contributed by atoms with Crippen molar-refractivity contribution in [3.05, 3.63) is 17.0 Å². The summed E-state index contributed by atoms with van der Waals surface area (Å²) in [6.45, 7) is 5.78. The lowest BCUT2D eigenvalue weighted by Crippen LogP contribution is -2.55. The SMILES string of the molecule is Cc1noc(C)c1CC(=O)N1CC[C@@](C)(O)[C@H](O)C1. The molecule has 0 spiro atoms. The molecule has 1 saturated heterocycles. The number of likely N-dealkylation sites (tertiary alicyclic amines) is 1. The monoisotopic (exact) mass is 268 g/mol. The maximum Gasteiger partial charge on any atom is 0.227 e. The molecule has 0 aromatic carbocycles. The Morgan fingerprint density at radius 1 is 1.58 bits per heavy atom. The number of aliphatic hydroxyl groups excluding tert-OH is 1. The lowest BCUT2D eigenvalue weighted by Gasteiger charge is -2.39. The second kappa shape index (κ2) is 4.94. The zero-order valence-electron chi connectivity index (χ0n) is 11.5. The summed E-state index contributed by atoms with van der Waals surface area (Å²) in [6.07, 6.45) is -0.313. The zero-order valence-corrected chi connectivity index (χ0v) is 11.5. The summed E-state index contributed by atoms with van der Waals surface area (Å²) in [7, 11) is 0. The predicted octanol–water partition coefficient (Wildman–Crippen LogP) is 0.178. The minimum Gasteiger partial charge on any atom is -0.388 e. The number of aliphatic hydroxyl groups is 2. The second-order valence-corrected chi connectivity index (χ2v) is 5.44. The first-order valence-corrected chi connectivity index (χ1v) is 6.41. The third-order valence-electron chi connectivity index (χ3n) is 3.86. The van der Waals surface area contributed by atoms with Crippen molar-refractivity contribution < 1.29 is 19.5 Å². The highest BCUT2D eigenvalue weighted by Crippen LogP contribution is 2.23. The van der Waals surface area contributed by atoms with E-state index < -0.39 is 11.7 Å². The molecule has 2 rings (SSSR count). The Morgan fingerprint density at radius 2 is 2.26 bits per heavy atom. The summed E-state index contributed by atoms with van der Waals surface area (Å²) in [5, 5.41) is 23.5. The fraction of sp³-hybridized carbons (Fsp3) is 0.692. The van der Waals surface area contributed by atoms with Crippen molar-refractivity contribution >= 4 is 5.91 Å². The number of piperidine rings is 1. The van der Waals surface area contributed by atoms with Crippen LogP contribution in [0.4, 0.5) is 0 Å². The molecule has 1 fully saturated rings. The van der Waals surface area contributed by atoms with Gasteiger partial charge in [-0.05, 0) is 27.2 Å². The highest BCUT2D eigenvalue weighted by molar-refractivity contribution is 5.79. The number of aromatic nitrogens is 1. The summed E-state index contributed by atoms with van der Waals surface area (Å²) >= 11 is 0. The number of amides is 1. The van der Waals surface area contributed by atoms with Gasteiger partial charge in [0.2, 0.25) is 5.91 Å². The first-order chi connectivity index (χ1) is 8.81. The number of carbonyl (C=O) groups is 1. The molecule has 2 atom stereocenters. The smallest absolute Gasteiger partial charge is 0.227 e. The number of rotatable bonds is 2. The van der Waals surface area contributed by atoms with E-state index in [1.807, 2.05) is 0 Å². The van der Waals surface area contributed by atoms with Crippen molar-refractivity contribution in [2.45, 2.75) is 45.3 Å². The van der Waals surface area contributed by atoms with Crippen molar-refractivity contribution in [1.82, 2.24) is 10.1 Å². The Labute approximate surface area is 112 Å². The third kappa shape index (κ3) is 2.79. The number of hydrogen-bond acceptors (Lipinski definition) is 5. The van der Waals surface area contributed by atoms with Crippen LogP contribution in [0.3, 0.4) is 0 Å². The summed E-state index contributed by atoms with van der Waals surface area (Å²) < 4.78 is 5.03. The average molecular weight is 268 g/mol. The second-order valence-electron chi connectivity index (χ2n) is 5.44. The molecule has 0 aliphatic carbocycles. The van der Waals surface area contributed by atoms with E-state index in [1.54, 1.807) is 25.7 Å². The van der Waals surface area contributed by atoms with Crippen LogP contribution in [0.5, 0.6) is 0 Å². The van der Waals surface area contributed by atoms with E-state index in [0.29, 0.717) is 18.7 Å². The largest absolute Gasteiger partial charge is 0.388 e. The molecule has 0 saturated carbocycles. The first-order valence-electron chi connectivity index (χ1n) is 6.41. The molecule has 1 aliphatic heterocycles. The van der Waals surface area contributed by atoms with Crippen LogP contribution in [0.1, 0.15) is 30.4 Å². The van der Waals surface area contributed by atoms with Gasteiger partial charge in [0.25, 0.3) is 0 Å². The van der Waals surface area contributed by atoms with E-state index >= 15 is 0 Å². The van der Waals surface area contributed by atoms with Gasteiger partial charge in [-0.25, -0.2) is 0 Å². The molecule has 106 valence electrons. The van der Waals surface area contributed by atoms with E-state index in [2.05, 4.69) is 5.16 Å². The Bertz CT molecular complexity index is 461. The van der Waals surface area contributed by atoms with Gasteiger partial charge < -0.3 is 19.6 Å². The number of hydrogen-bond donors (Lipinski definition) is 2. The summed E-state index contributed by atoms with van der Waals surface area (Å²) in [6, 6.07) is 0. The fourth-order valence-electron chi connectivity index (χ4n) is 2.27. The highest BCUT2D eigenvalue weighted by Gasteiger charge is 2.37. The van der Waals surface area contributed by atoms with Crippen molar-refractivity contribution in [2.24, 2.45) is 0 Å². The average Bonchev–Trinajstić information content (AvgIpc) is 2.64. The van der Waals surface area contributed by atoms with Gasteiger partial charge in [0.1, 0.15) is 5.76 Å². The Balaban J connectivity index is 2.02. The fourth-order valence-corrected chi connectivity index (χ4v) is 2.27. The molecule has 2 heterocycles. The predicted molar refractivity (Wildman–Crippen MR) is 67.5 cm³/mol. The van der Waals surface area contributed by atoms with E-state index in [0.717, 1.165) is 11.3 Å². The molecule has 6 heteroatoms. The van der Waals surface area contributed by atoms with E-state index in [1.165, 1.54) is 0 Å². The Hall–Kier alpha value is -1.40. The summed E-state index contributed by atoms with van der Waals surface area (Å²) in [5.74, 6) is 0.569. The van der Waals surface area contributed by atoms with Crippen LogP contribution in [0.2, 0.25) is 0 Å².